The molecule has 0 aliphatic rings. The van der Waals surface area contributed by atoms with Gasteiger partial charge in [0.15, 0.2) is 6.10 Å². The minimum Gasteiger partial charge on any atom is -0.462 e. The monoisotopic (exact) mass is 879 g/mol. The van der Waals surface area contributed by atoms with E-state index in [2.05, 4.69) is 93.7 Å². The van der Waals surface area contributed by atoms with E-state index < -0.39 is 12.1 Å². The van der Waals surface area contributed by atoms with Gasteiger partial charge in [-0.2, -0.15) is 0 Å². The van der Waals surface area contributed by atoms with E-state index in [1.807, 2.05) is 79.0 Å². The van der Waals surface area contributed by atoms with E-state index in [-0.39, 0.29) is 44.4 Å². The molecule has 354 valence electrons. The molecule has 1 atom stereocenters. The quantitative estimate of drug-likeness (QED) is 0.0200. The fourth-order valence-electron chi connectivity index (χ4n) is 5.90. The number of rotatable bonds is 41. The van der Waals surface area contributed by atoms with Crippen LogP contribution < -0.4 is 0 Å². The number of hydrogen-bond acceptors (Lipinski definition) is 6. The van der Waals surface area contributed by atoms with Gasteiger partial charge in [0.05, 0.1) is 6.42 Å². The third-order valence-corrected chi connectivity index (χ3v) is 9.54. The zero-order valence-electron chi connectivity index (χ0n) is 40.2. The molecule has 0 heterocycles. The fourth-order valence-corrected chi connectivity index (χ4v) is 5.90. The third-order valence-electron chi connectivity index (χ3n) is 9.54. The molecular formula is C58H86O6. The maximum Gasteiger partial charge on any atom is 0.309 e. The number of hydrogen-bond donors (Lipinski definition) is 0. The molecule has 6 nitrogen and oxygen atoms in total. The highest BCUT2D eigenvalue weighted by Crippen LogP contribution is 2.11. The number of unbranched alkanes of at least 4 members (excludes halogenated alkanes) is 13. The van der Waals surface area contributed by atoms with Gasteiger partial charge >= 0.3 is 17.9 Å². The van der Waals surface area contributed by atoms with Gasteiger partial charge in [0.1, 0.15) is 13.2 Å². The van der Waals surface area contributed by atoms with E-state index in [0.717, 1.165) is 89.9 Å². The van der Waals surface area contributed by atoms with Gasteiger partial charge in [0.25, 0.3) is 0 Å². The second-order valence-electron chi connectivity index (χ2n) is 15.5. The summed E-state index contributed by atoms with van der Waals surface area (Å²) in [5.74, 6) is -1.15. The van der Waals surface area contributed by atoms with Gasteiger partial charge < -0.3 is 14.2 Å². The minimum atomic E-state index is -0.850. The van der Waals surface area contributed by atoms with E-state index >= 15 is 0 Å². The lowest BCUT2D eigenvalue weighted by Crippen LogP contribution is -2.30. The summed E-state index contributed by atoms with van der Waals surface area (Å²) >= 11 is 0. The largest absolute Gasteiger partial charge is 0.462 e. The molecule has 0 aliphatic heterocycles. The summed E-state index contributed by atoms with van der Waals surface area (Å²) in [6.45, 7) is 6.16. The molecule has 0 saturated carbocycles. The molecule has 64 heavy (non-hydrogen) atoms. The van der Waals surface area contributed by atoms with Crippen LogP contribution in [-0.4, -0.2) is 37.2 Å². The molecule has 0 bridgehead atoms. The number of allylic oxidation sites excluding steroid dienone is 25. The Hall–Kier alpha value is -4.97. The number of carbonyl (C=O) groups is 3. The van der Waals surface area contributed by atoms with Crippen LogP contribution in [0.4, 0.5) is 0 Å². The number of esters is 3. The fraction of sp³-hybridized carbons (Fsp3) is 0.500. The average molecular weight is 879 g/mol. The van der Waals surface area contributed by atoms with Crippen molar-refractivity contribution >= 4 is 17.9 Å². The molecule has 0 radical (unpaired) electrons. The first-order valence-corrected chi connectivity index (χ1v) is 24.6. The smallest absolute Gasteiger partial charge is 0.309 e. The number of carbonyl (C=O) groups excluding carboxylic acids is 3. The van der Waals surface area contributed by atoms with Gasteiger partial charge in [-0.3, -0.25) is 14.4 Å². The molecule has 0 aliphatic carbocycles. The molecule has 0 rings (SSSR count). The summed E-state index contributed by atoms with van der Waals surface area (Å²) in [6, 6.07) is 0. The Balaban J connectivity index is 4.58. The van der Waals surface area contributed by atoms with Crippen LogP contribution >= 0.6 is 0 Å². The van der Waals surface area contributed by atoms with Crippen LogP contribution in [-0.2, 0) is 28.6 Å². The van der Waals surface area contributed by atoms with Crippen molar-refractivity contribution in [2.45, 2.75) is 175 Å². The predicted octanol–water partition coefficient (Wildman–Crippen LogP) is 16.2. The van der Waals surface area contributed by atoms with Crippen molar-refractivity contribution in [1.82, 2.24) is 0 Å². The summed E-state index contributed by atoms with van der Waals surface area (Å²) in [6.07, 6.45) is 74.0. The van der Waals surface area contributed by atoms with Crippen molar-refractivity contribution in [3.8, 4) is 0 Å². The Morgan fingerprint density at radius 1 is 0.359 bits per heavy atom. The molecule has 6 heteroatoms. The molecule has 0 N–H and O–H groups in total. The molecule has 0 aromatic rings. The highest BCUT2D eigenvalue weighted by molar-refractivity contribution is 5.72. The van der Waals surface area contributed by atoms with Crippen molar-refractivity contribution < 1.29 is 28.6 Å². The van der Waals surface area contributed by atoms with Crippen molar-refractivity contribution in [1.29, 1.82) is 0 Å². The molecule has 0 spiro atoms. The van der Waals surface area contributed by atoms with Crippen LogP contribution in [0.5, 0.6) is 0 Å². The Labute approximate surface area is 390 Å². The maximum absolute atomic E-state index is 12.8. The highest BCUT2D eigenvalue weighted by atomic mass is 16.6. The van der Waals surface area contributed by atoms with Gasteiger partial charge in [0, 0.05) is 12.8 Å². The van der Waals surface area contributed by atoms with Crippen molar-refractivity contribution in [3.05, 3.63) is 158 Å². The summed E-state index contributed by atoms with van der Waals surface area (Å²) in [5, 5.41) is 0. The lowest BCUT2D eigenvalue weighted by molar-refractivity contribution is -0.166. The zero-order valence-corrected chi connectivity index (χ0v) is 40.2. The first-order valence-electron chi connectivity index (χ1n) is 24.6. The van der Waals surface area contributed by atoms with Crippen molar-refractivity contribution in [3.63, 3.8) is 0 Å². The summed E-state index contributed by atoms with van der Waals surface area (Å²) in [7, 11) is 0. The van der Waals surface area contributed by atoms with Crippen molar-refractivity contribution in [2.24, 2.45) is 0 Å². The van der Waals surface area contributed by atoms with Crippen LogP contribution in [0.15, 0.2) is 158 Å². The van der Waals surface area contributed by atoms with E-state index in [1.165, 1.54) is 32.1 Å². The molecule has 0 amide bonds. The van der Waals surface area contributed by atoms with Gasteiger partial charge in [-0.15, -0.1) is 0 Å². The average Bonchev–Trinajstić information content (AvgIpc) is 3.29. The molecule has 0 aromatic heterocycles. The lowest BCUT2D eigenvalue weighted by atomic mass is 10.1. The Bertz CT molecular complexity index is 1520. The Morgan fingerprint density at radius 3 is 1.23 bits per heavy atom. The predicted molar refractivity (Wildman–Crippen MR) is 274 cm³/mol. The summed E-state index contributed by atoms with van der Waals surface area (Å²) in [5.41, 5.74) is 0. The second-order valence-corrected chi connectivity index (χ2v) is 15.5. The number of ether oxygens (including phenoxy) is 3. The first-order chi connectivity index (χ1) is 31.5. The summed E-state index contributed by atoms with van der Waals surface area (Å²) < 4.78 is 16.6. The molecule has 0 aromatic carbocycles. The van der Waals surface area contributed by atoms with Crippen LogP contribution in [0.2, 0.25) is 0 Å². The zero-order chi connectivity index (χ0) is 46.5. The Morgan fingerprint density at radius 2 is 0.734 bits per heavy atom. The van der Waals surface area contributed by atoms with E-state index in [4.69, 9.17) is 14.2 Å². The third kappa shape index (κ3) is 48.1. The van der Waals surface area contributed by atoms with E-state index in [9.17, 15) is 14.4 Å². The molecule has 0 saturated heterocycles. The van der Waals surface area contributed by atoms with Gasteiger partial charge in [-0.25, -0.2) is 0 Å². The normalized spacial score (nSPS) is 13.5. The minimum absolute atomic E-state index is 0.113. The van der Waals surface area contributed by atoms with Crippen molar-refractivity contribution in [2.75, 3.05) is 13.2 Å². The van der Waals surface area contributed by atoms with Gasteiger partial charge in [0.2, 0.25) is 0 Å². The maximum atomic E-state index is 12.8. The second kappa shape index (κ2) is 50.7. The summed E-state index contributed by atoms with van der Waals surface area (Å²) in [4.78, 5) is 37.8. The van der Waals surface area contributed by atoms with Crippen LogP contribution in [0.25, 0.3) is 0 Å². The van der Waals surface area contributed by atoms with Gasteiger partial charge in [-0.05, 0) is 77.0 Å². The van der Waals surface area contributed by atoms with Crippen LogP contribution in [0, 0.1) is 0 Å². The van der Waals surface area contributed by atoms with E-state index in [1.54, 1.807) is 6.08 Å². The van der Waals surface area contributed by atoms with E-state index in [0.29, 0.717) is 6.42 Å². The molecule has 1 unspecified atom stereocenters. The topological polar surface area (TPSA) is 78.9 Å². The standard InChI is InChI=1S/C58H86O6/c1-4-7-10-13-16-19-21-23-25-27-29-31-32-34-36-39-42-45-48-51-57(60)63-54-55(53-62-56(59)50-47-44-41-38-18-15-12-9-6-3)64-58(61)52-49-46-43-40-37-35-33-30-28-26-24-22-20-17-14-11-8-5-2/h7,9-10,12-13,16,18-19,21-34,36,38,44,47,55H,4-6,8,11,14-15,17,20,35,37,39-43,45-46,48-54H2,1-3H3/b10-7-,12-9-,16-13-,21-19-,24-22-,25-23-,28-26-,29-27+,32-31-,33-30-,36-34-,38-18-,47-44-. The molecular weight excluding hydrogens is 793 g/mol. The van der Waals surface area contributed by atoms with Crippen LogP contribution in [0.3, 0.4) is 0 Å². The first kappa shape index (κ1) is 59.0. The SMILES string of the molecule is CC\C=C/C=C\C=C/C=C\C=C\C=C/C=C\CCCCCC(=O)OCC(COC(=O)C/C=C\C/C=C\C/C=C\CC)OC(=O)CCCCCCC\C=C/C=C\C=C/CCCCCCC. The Kier molecular flexibility index (Phi) is 46.7. The van der Waals surface area contributed by atoms with Crippen LogP contribution in [0.1, 0.15) is 168 Å². The lowest BCUT2D eigenvalue weighted by Gasteiger charge is -2.18. The molecule has 0 fully saturated rings. The highest BCUT2D eigenvalue weighted by Gasteiger charge is 2.19. The van der Waals surface area contributed by atoms with Gasteiger partial charge in [-0.1, -0.05) is 230 Å².